The summed E-state index contributed by atoms with van der Waals surface area (Å²) in [6.07, 6.45) is -0.0546. The van der Waals surface area contributed by atoms with Crippen molar-refractivity contribution in [2.24, 2.45) is 0 Å². The number of amides is 1. The number of carbonyl (C=O) groups is 3. The van der Waals surface area contributed by atoms with Gasteiger partial charge in [-0.3, -0.25) is 14.4 Å². The number of halogens is 1. The Morgan fingerprint density at radius 3 is 2.08 bits per heavy atom. The number of carbonyl (C=O) groups excluding carboxylic acids is 3. The van der Waals surface area contributed by atoms with Gasteiger partial charge in [-0.15, -0.1) is 12.4 Å². The fourth-order valence-corrected chi connectivity index (χ4v) is 2.19. The molecular weight excluding hydrogens is 336 g/mol. The van der Waals surface area contributed by atoms with Gasteiger partial charge in [-0.05, 0) is 41.5 Å². The van der Waals surface area contributed by atoms with E-state index in [1.807, 2.05) is 0 Å². The van der Waals surface area contributed by atoms with E-state index in [-0.39, 0.29) is 31.3 Å². The molecule has 0 aromatic heterocycles. The van der Waals surface area contributed by atoms with Crippen LogP contribution in [0.4, 0.5) is 0 Å². The Hall–Kier alpha value is -1.34. The average Bonchev–Trinajstić information content (AvgIpc) is 2.29. The summed E-state index contributed by atoms with van der Waals surface area (Å²) in [4.78, 5) is 37.5. The van der Waals surface area contributed by atoms with Crippen LogP contribution in [0.2, 0.25) is 0 Å². The fraction of sp³-hybridized carbons (Fsp3) is 0.812. The topological polar surface area (TPSA) is 84.9 Å². The van der Waals surface area contributed by atoms with Gasteiger partial charge in [0, 0.05) is 13.1 Å². The monoisotopic (exact) mass is 364 g/mol. The highest BCUT2D eigenvalue weighted by atomic mass is 35.5. The summed E-state index contributed by atoms with van der Waals surface area (Å²) in [6.45, 7) is 11.5. The number of nitrogens with zero attached hydrogens (tertiary/aromatic N) is 1. The number of nitrogens with one attached hydrogen (secondary N) is 1. The number of ether oxygens (including phenoxy) is 2. The maximum absolute atomic E-state index is 12.4. The lowest BCUT2D eigenvalue weighted by Crippen LogP contribution is -2.57. The number of hydrogen-bond donors (Lipinski definition) is 1. The Balaban J connectivity index is 0.00000529. The molecular formula is C16H29ClN2O5. The first kappa shape index (κ1) is 22.7. The summed E-state index contributed by atoms with van der Waals surface area (Å²) in [6, 6.07) is -0.666. The minimum Gasteiger partial charge on any atom is -0.460 e. The van der Waals surface area contributed by atoms with E-state index in [0.717, 1.165) is 0 Å². The molecule has 0 aromatic carbocycles. The molecule has 0 bridgehead atoms. The van der Waals surface area contributed by atoms with Crippen LogP contribution in [-0.4, -0.2) is 59.6 Å². The second kappa shape index (κ2) is 8.67. The molecule has 1 atom stereocenters. The zero-order chi connectivity index (χ0) is 17.8. The van der Waals surface area contributed by atoms with Crippen molar-refractivity contribution in [2.45, 2.75) is 65.2 Å². The first-order valence-electron chi connectivity index (χ1n) is 7.83. The van der Waals surface area contributed by atoms with Gasteiger partial charge in [0.25, 0.3) is 0 Å². The van der Waals surface area contributed by atoms with Gasteiger partial charge in [-0.25, -0.2) is 0 Å². The van der Waals surface area contributed by atoms with Gasteiger partial charge < -0.3 is 19.7 Å². The van der Waals surface area contributed by atoms with Crippen molar-refractivity contribution >= 4 is 30.3 Å². The largest absolute Gasteiger partial charge is 0.460 e. The maximum atomic E-state index is 12.4. The van der Waals surface area contributed by atoms with Crippen LogP contribution >= 0.6 is 12.4 Å². The molecule has 0 spiro atoms. The van der Waals surface area contributed by atoms with Crippen LogP contribution in [0, 0.1) is 0 Å². The van der Waals surface area contributed by atoms with Crippen LogP contribution in [0.5, 0.6) is 0 Å². The molecule has 0 radical (unpaired) electrons. The normalized spacial score (nSPS) is 18.7. The molecule has 1 N–H and O–H groups in total. The lowest BCUT2D eigenvalue weighted by molar-refractivity contribution is -0.161. The predicted octanol–water partition coefficient (Wildman–Crippen LogP) is 1.28. The summed E-state index contributed by atoms with van der Waals surface area (Å²) in [5.41, 5.74) is -1.19. The van der Waals surface area contributed by atoms with E-state index in [0.29, 0.717) is 13.1 Å². The number of rotatable bonds is 4. The molecule has 1 rings (SSSR count). The van der Waals surface area contributed by atoms with E-state index in [1.165, 1.54) is 4.90 Å². The van der Waals surface area contributed by atoms with Crippen LogP contribution < -0.4 is 5.32 Å². The van der Waals surface area contributed by atoms with Gasteiger partial charge in [0.15, 0.2) is 0 Å². The predicted molar refractivity (Wildman–Crippen MR) is 91.9 cm³/mol. The average molecular weight is 365 g/mol. The number of piperazine rings is 1. The molecule has 0 aromatic rings. The lowest BCUT2D eigenvalue weighted by atomic mass is 10.1. The number of hydrogen-bond acceptors (Lipinski definition) is 6. The van der Waals surface area contributed by atoms with Crippen molar-refractivity contribution in [2.75, 3.05) is 19.6 Å². The molecule has 7 nitrogen and oxygen atoms in total. The van der Waals surface area contributed by atoms with Crippen molar-refractivity contribution < 1.29 is 23.9 Å². The first-order chi connectivity index (χ1) is 10.4. The van der Waals surface area contributed by atoms with Crippen LogP contribution in [-0.2, 0) is 23.9 Å². The van der Waals surface area contributed by atoms with E-state index in [2.05, 4.69) is 5.32 Å². The fourth-order valence-electron chi connectivity index (χ4n) is 2.19. The van der Waals surface area contributed by atoms with Gasteiger partial charge in [-0.2, -0.15) is 0 Å². The van der Waals surface area contributed by atoms with Crippen LogP contribution in [0.3, 0.4) is 0 Å². The Bertz CT molecular complexity index is 428. The molecule has 0 aliphatic carbocycles. The van der Waals surface area contributed by atoms with E-state index < -0.39 is 29.2 Å². The molecule has 24 heavy (non-hydrogen) atoms. The summed E-state index contributed by atoms with van der Waals surface area (Å²) in [5, 5.41) is 2.99. The Labute approximate surface area is 149 Å². The summed E-state index contributed by atoms with van der Waals surface area (Å²) >= 11 is 0. The van der Waals surface area contributed by atoms with Gasteiger partial charge in [0.05, 0.1) is 12.5 Å². The summed E-state index contributed by atoms with van der Waals surface area (Å²) < 4.78 is 10.5. The molecule has 1 fully saturated rings. The van der Waals surface area contributed by atoms with Crippen molar-refractivity contribution in [3.05, 3.63) is 0 Å². The third-order valence-corrected chi connectivity index (χ3v) is 2.91. The smallest absolute Gasteiger partial charge is 0.326 e. The zero-order valence-electron chi connectivity index (χ0n) is 15.3. The Kier molecular flexibility index (Phi) is 8.18. The van der Waals surface area contributed by atoms with Crippen molar-refractivity contribution in [3.8, 4) is 0 Å². The quantitative estimate of drug-likeness (QED) is 0.756. The van der Waals surface area contributed by atoms with Gasteiger partial charge >= 0.3 is 11.9 Å². The van der Waals surface area contributed by atoms with E-state index >= 15 is 0 Å². The van der Waals surface area contributed by atoms with Gasteiger partial charge in [0.1, 0.15) is 17.7 Å². The second-order valence-electron chi connectivity index (χ2n) is 7.64. The van der Waals surface area contributed by atoms with Gasteiger partial charge in [0.2, 0.25) is 5.91 Å². The molecule has 8 heteroatoms. The highest BCUT2D eigenvalue weighted by Crippen LogP contribution is 2.13. The van der Waals surface area contributed by atoms with Crippen LogP contribution in [0.1, 0.15) is 48.0 Å². The molecule has 140 valence electrons. The van der Waals surface area contributed by atoms with Crippen LogP contribution in [0.25, 0.3) is 0 Å². The van der Waals surface area contributed by atoms with Crippen molar-refractivity contribution in [1.29, 1.82) is 0 Å². The highest BCUT2D eigenvalue weighted by molar-refractivity contribution is 5.89. The van der Waals surface area contributed by atoms with E-state index in [1.54, 1.807) is 41.5 Å². The molecule has 1 aliphatic heterocycles. The van der Waals surface area contributed by atoms with Crippen molar-refractivity contribution in [3.63, 3.8) is 0 Å². The minimum absolute atomic E-state index is 0. The van der Waals surface area contributed by atoms with E-state index in [4.69, 9.17) is 9.47 Å². The third kappa shape index (κ3) is 8.49. The maximum Gasteiger partial charge on any atom is 0.326 e. The highest BCUT2D eigenvalue weighted by Gasteiger charge is 2.33. The standard InChI is InChI=1S/C16H28N2O5.ClH/c1-15(2,3)22-12(19)9-11-14(21)18(8-7-17-11)10-13(20)23-16(4,5)6;/h11,17H,7-10H2,1-6H3;1H/t11-;/m0./s1. The van der Waals surface area contributed by atoms with E-state index in [9.17, 15) is 14.4 Å². The first-order valence-corrected chi connectivity index (χ1v) is 7.83. The molecule has 1 amide bonds. The lowest BCUT2D eigenvalue weighted by Gasteiger charge is -2.33. The summed E-state index contributed by atoms with van der Waals surface area (Å²) in [7, 11) is 0. The Morgan fingerprint density at radius 2 is 1.58 bits per heavy atom. The molecule has 1 saturated heterocycles. The second-order valence-corrected chi connectivity index (χ2v) is 7.64. The zero-order valence-corrected chi connectivity index (χ0v) is 16.1. The van der Waals surface area contributed by atoms with Crippen LogP contribution in [0.15, 0.2) is 0 Å². The Morgan fingerprint density at radius 1 is 1.08 bits per heavy atom. The molecule has 1 aliphatic rings. The number of esters is 2. The van der Waals surface area contributed by atoms with Crippen molar-refractivity contribution in [1.82, 2.24) is 10.2 Å². The molecule has 0 unspecified atom stereocenters. The molecule has 1 heterocycles. The molecule has 0 saturated carbocycles. The third-order valence-electron chi connectivity index (χ3n) is 2.91. The SMILES string of the molecule is CC(C)(C)OC(=O)C[C@@H]1NCCN(CC(=O)OC(C)(C)C)C1=O.Cl. The summed E-state index contributed by atoms with van der Waals surface area (Å²) in [5.74, 6) is -1.18. The minimum atomic E-state index is -0.666. The van der Waals surface area contributed by atoms with Gasteiger partial charge in [-0.1, -0.05) is 0 Å².